The fourth-order valence-electron chi connectivity index (χ4n) is 4.34. The number of carbonyl (C=O) groups excluding carboxylic acids is 2. The van der Waals surface area contributed by atoms with E-state index in [4.69, 9.17) is 4.74 Å². The van der Waals surface area contributed by atoms with Crippen molar-refractivity contribution in [2.75, 3.05) is 4.90 Å². The third-order valence-corrected chi connectivity index (χ3v) is 7.05. The molecule has 192 valence electrons. The maximum absolute atomic E-state index is 13.4. The molecule has 1 saturated heterocycles. The number of amides is 1. The van der Waals surface area contributed by atoms with Crippen LogP contribution in [0.2, 0.25) is 0 Å². The highest BCUT2D eigenvalue weighted by Crippen LogP contribution is 2.44. The van der Waals surface area contributed by atoms with Crippen LogP contribution in [-0.4, -0.2) is 37.8 Å². The predicted molar refractivity (Wildman–Crippen MR) is 142 cm³/mol. The molecule has 4 aromatic rings. The van der Waals surface area contributed by atoms with Crippen LogP contribution in [0.3, 0.4) is 0 Å². The second kappa shape index (κ2) is 9.67. The summed E-state index contributed by atoms with van der Waals surface area (Å²) in [4.78, 5) is 47.3. The number of anilines is 1. The Kier molecular flexibility index (Phi) is 6.37. The van der Waals surface area contributed by atoms with Gasteiger partial charge in [-0.15, -0.1) is 0 Å². The van der Waals surface area contributed by atoms with Gasteiger partial charge < -0.3 is 9.84 Å². The second-order valence-electron chi connectivity index (χ2n) is 9.01. The number of aliphatic hydroxyl groups is 1. The maximum Gasteiger partial charge on any atom is 0.301 e. The number of hydrogen-bond donors (Lipinski definition) is 1. The lowest BCUT2D eigenvalue weighted by atomic mass is 9.96. The molecule has 5 rings (SSSR count). The SMILES string of the molecule is Cc1cc(/C(O)=C2\C(=O)C(=O)N(c3nc4ccc([N+](=O)[O-])cc4s3)C2c2cccnc2)ccc1OC(C)C. The summed E-state index contributed by atoms with van der Waals surface area (Å²) in [5.41, 5.74) is 1.82. The highest BCUT2D eigenvalue weighted by molar-refractivity contribution is 7.22. The molecule has 1 aliphatic rings. The van der Waals surface area contributed by atoms with E-state index < -0.39 is 22.7 Å². The van der Waals surface area contributed by atoms with Crippen LogP contribution in [0.25, 0.3) is 16.0 Å². The highest BCUT2D eigenvalue weighted by Gasteiger charge is 2.48. The number of thiazole rings is 1. The molecule has 1 atom stereocenters. The number of aryl methyl sites for hydroxylation is 1. The number of nitrogens with zero attached hydrogens (tertiary/aromatic N) is 4. The number of fused-ring (bicyclic) bond motifs is 1. The number of carbonyl (C=O) groups is 2. The van der Waals surface area contributed by atoms with Gasteiger partial charge in [-0.05, 0) is 62.2 Å². The van der Waals surface area contributed by atoms with Gasteiger partial charge in [-0.1, -0.05) is 17.4 Å². The van der Waals surface area contributed by atoms with Crippen molar-refractivity contribution in [2.24, 2.45) is 0 Å². The molecule has 0 radical (unpaired) electrons. The van der Waals surface area contributed by atoms with Crippen molar-refractivity contribution in [3.05, 3.63) is 93.3 Å². The Labute approximate surface area is 221 Å². The molecule has 2 aromatic heterocycles. The van der Waals surface area contributed by atoms with Crippen LogP contribution < -0.4 is 9.64 Å². The van der Waals surface area contributed by atoms with Crippen molar-refractivity contribution < 1.29 is 24.4 Å². The normalized spacial score (nSPS) is 16.9. The van der Waals surface area contributed by atoms with Crippen LogP contribution in [0.15, 0.2) is 66.5 Å². The minimum absolute atomic E-state index is 0.0423. The van der Waals surface area contributed by atoms with Crippen molar-refractivity contribution in [1.82, 2.24) is 9.97 Å². The summed E-state index contributed by atoms with van der Waals surface area (Å²) in [5.74, 6) is -1.44. The summed E-state index contributed by atoms with van der Waals surface area (Å²) in [7, 11) is 0. The second-order valence-corrected chi connectivity index (χ2v) is 10.0. The van der Waals surface area contributed by atoms with Gasteiger partial charge in [-0.25, -0.2) is 4.98 Å². The standard InChI is InChI=1S/C27H22N4O6S/c1-14(2)37-20-9-6-16(11-15(20)3)24(32)22-23(17-5-4-10-28-13-17)30(26(34)25(22)33)27-29-19-8-7-18(31(35)36)12-21(19)38-27/h4-14,23,32H,1-3H3/b24-22+. The average Bonchev–Trinajstić information content (AvgIpc) is 3.42. The van der Waals surface area contributed by atoms with E-state index in [-0.39, 0.29) is 28.3 Å². The van der Waals surface area contributed by atoms with Crippen molar-refractivity contribution in [3.8, 4) is 5.75 Å². The molecule has 0 aliphatic carbocycles. The Bertz CT molecular complexity index is 1630. The van der Waals surface area contributed by atoms with Crippen molar-refractivity contribution in [3.63, 3.8) is 0 Å². The first kappa shape index (κ1) is 25.0. The number of Topliss-reactive ketones (excluding diaryl/α,β-unsaturated/α-hetero) is 1. The summed E-state index contributed by atoms with van der Waals surface area (Å²) in [5, 5.41) is 22.8. The van der Waals surface area contributed by atoms with Crippen LogP contribution in [0, 0.1) is 17.0 Å². The van der Waals surface area contributed by atoms with Gasteiger partial charge in [0.05, 0.1) is 32.9 Å². The monoisotopic (exact) mass is 530 g/mol. The first-order valence-corrected chi connectivity index (χ1v) is 12.5. The van der Waals surface area contributed by atoms with Crippen LogP contribution in [-0.2, 0) is 9.59 Å². The van der Waals surface area contributed by atoms with E-state index in [1.807, 2.05) is 20.8 Å². The molecular weight excluding hydrogens is 508 g/mol. The first-order chi connectivity index (χ1) is 18.2. The zero-order valence-electron chi connectivity index (χ0n) is 20.6. The van der Waals surface area contributed by atoms with Gasteiger partial charge in [-0.3, -0.25) is 29.6 Å². The molecule has 10 nitrogen and oxygen atoms in total. The molecule has 38 heavy (non-hydrogen) atoms. The molecule has 1 N–H and O–H groups in total. The fourth-order valence-corrected chi connectivity index (χ4v) is 5.36. The molecule has 0 saturated carbocycles. The molecular formula is C27H22N4O6S. The molecule has 1 amide bonds. The van der Waals surface area contributed by atoms with Crippen molar-refractivity contribution >= 4 is 49.8 Å². The number of nitro groups is 1. The van der Waals surface area contributed by atoms with Crippen LogP contribution in [0.4, 0.5) is 10.8 Å². The molecule has 2 aromatic carbocycles. The van der Waals surface area contributed by atoms with Gasteiger partial charge in [0.25, 0.3) is 11.5 Å². The van der Waals surface area contributed by atoms with Crippen LogP contribution >= 0.6 is 11.3 Å². The summed E-state index contributed by atoms with van der Waals surface area (Å²) in [6.07, 6.45) is 3.03. The number of hydrogen-bond acceptors (Lipinski definition) is 9. The minimum Gasteiger partial charge on any atom is -0.507 e. The third kappa shape index (κ3) is 4.37. The van der Waals surface area contributed by atoms with Gasteiger partial charge in [0.15, 0.2) is 5.13 Å². The number of ketones is 1. The largest absolute Gasteiger partial charge is 0.507 e. The number of aliphatic hydroxyl groups excluding tert-OH is 1. The van der Waals surface area contributed by atoms with E-state index in [1.165, 1.54) is 29.3 Å². The molecule has 3 heterocycles. The van der Waals surface area contributed by atoms with Gasteiger partial charge in [0.1, 0.15) is 11.5 Å². The lowest BCUT2D eigenvalue weighted by molar-refractivity contribution is -0.384. The van der Waals surface area contributed by atoms with Gasteiger partial charge in [0.2, 0.25) is 0 Å². The third-order valence-electron chi connectivity index (χ3n) is 6.03. The van der Waals surface area contributed by atoms with E-state index in [2.05, 4.69) is 9.97 Å². The number of pyridine rings is 1. The summed E-state index contributed by atoms with van der Waals surface area (Å²) >= 11 is 1.05. The predicted octanol–water partition coefficient (Wildman–Crippen LogP) is 5.32. The van der Waals surface area contributed by atoms with Gasteiger partial charge in [0, 0.05) is 30.1 Å². The molecule has 11 heteroatoms. The topological polar surface area (TPSA) is 136 Å². The Hall–Kier alpha value is -4.64. The van der Waals surface area contributed by atoms with E-state index >= 15 is 0 Å². The van der Waals surface area contributed by atoms with Gasteiger partial charge in [-0.2, -0.15) is 0 Å². The lowest BCUT2D eigenvalue weighted by Crippen LogP contribution is -2.29. The summed E-state index contributed by atoms with van der Waals surface area (Å²) in [6, 6.07) is 11.6. The molecule has 0 bridgehead atoms. The summed E-state index contributed by atoms with van der Waals surface area (Å²) < 4.78 is 6.26. The molecule has 0 spiro atoms. The Morgan fingerprint density at radius 1 is 1.18 bits per heavy atom. The zero-order chi connectivity index (χ0) is 27.1. The minimum atomic E-state index is -1.01. The average molecular weight is 531 g/mol. The molecule has 1 aliphatic heterocycles. The number of rotatable bonds is 6. The Morgan fingerprint density at radius 2 is 1.97 bits per heavy atom. The quantitative estimate of drug-likeness (QED) is 0.116. The number of aromatic nitrogens is 2. The summed E-state index contributed by atoms with van der Waals surface area (Å²) in [6.45, 7) is 5.64. The first-order valence-electron chi connectivity index (χ1n) is 11.7. The smallest absolute Gasteiger partial charge is 0.301 e. The van der Waals surface area contributed by atoms with Gasteiger partial charge >= 0.3 is 5.91 Å². The highest BCUT2D eigenvalue weighted by atomic mass is 32.1. The van der Waals surface area contributed by atoms with E-state index in [9.17, 15) is 24.8 Å². The number of ether oxygens (including phenoxy) is 1. The Morgan fingerprint density at radius 3 is 2.63 bits per heavy atom. The zero-order valence-corrected chi connectivity index (χ0v) is 21.4. The van der Waals surface area contributed by atoms with E-state index in [0.717, 1.165) is 16.9 Å². The van der Waals surface area contributed by atoms with Crippen molar-refractivity contribution in [2.45, 2.75) is 32.9 Å². The Balaban J connectivity index is 1.66. The molecule has 1 fully saturated rings. The van der Waals surface area contributed by atoms with Crippen LogP contribution in [0.1, 0.15) is 36.6 Å². The number of nitro benzene ring substituents is 1. The lowest BCUT2D eigenvalue weighted by Gasteiger charge is -2.22. The van der Waals surface area contributed by atoms with E-state index in [0.29, 0.717) is 27.1 Å². The fraction of sp³-hybridized carbons (Fsp3) is 0.185. The van der Waals surface area contributed by atoms with E-state index in [1.54, 1.807) is 36.5 Å². The molecule has 1 unspecified atom stereocenters. The van der Waals surface area contributed by atoms with Crippen molar-refractivity contribution in [1.29, 1.82) is 0 Å². The van der Waals surface area contributed by atoms with Crippen LogP contribution in [0.5, 0.6) is 5.75 Å². The maximum atomic E-state index is 13.4. The number of benzene rings is 2. The number of non-ortho nitro benzene ring substituents is 1.